The largest absolute Gasteiger partial charge is 0.493 e. The van der Waals surface area contributed by atoms with Crippen LogP contribution in [0.25, 0.3) is 11.7 Å². The number of anilines is 2. The van der Waals surface area contributed by atoms with E-state index in [2.05, 4.69) is 53.0 Å². The maximum Gasteiger partial charge on any atom is 0.335 e. The number of nitrogens with one attached hydrogen (secondary N) is 3. The first-order chi connectivity index (χ1) is 16.9. The van der Waals surface area contributed by atoms with Crippen molar-refractivity contribution in [3.63, 3.8) is 0 Å². The number of aromatic amines is 2. The molecule has 0 saturated heterocycles. The maximum atomic E-state index is 11.5. The Morgan fingerprint density at radius 2 is 1.97 bits per heavy atom. The van der Waals surface area contributed by atoms with Gasteiger partial charge in [0.15, 0.2) is 11.1 Å². The molecule has 0 saturated carbocycles. The number of benzene rings is 2. The molecule has 0 spiro atoms. The summed E-state index contributed by atoms with van der Waals surface area (Å²) in [6, 6.07) is 15.6. The molecule has 0 aliphatic carbocycles. The minimum absolute atomic E-state index is 0.107. The van der Waals surface area contributed by atoms with E-state index in [1.165, 1.54) is 28.9 Å². The molecule has 2 aromatic carbocycles. The van der Waals surface area contributed by atoms with Crippen molar-refractivity contribution in [2.75, 3.05) is 5.32 Å². The number of carbonyl (C=O) groups is 1. The summed E-state index contributed by atoms with van der Waals surface area (Å²) in [7, 11) is 0. The van der Waals surface area contributed by atoms with Crippen LogP contribution in [-0.4, -0.2) is 40.7 Å². The third-order valence-corrected chi connectivity index (χ3v) is 5.62. The molecular formula is C23H16IN7O4. The number of imidazole rings is 1. The number of aromatic hydroxyl groups is 1. The van der Waals surface area contributed by atoms with Gasteiger partial charge in [-0.15, -0.1) is 0 Å². The van der Waals surface area contributed by atoms with E-state index in [0.29, 0.717) is 27.9 Å². The van der Waals surface area contributed by atoms with E-state index in [1.54, 1.807) is 18.2 Å². The Balaban J connectivity index is 1.73. The fourth-order valence-corrected chi connectivity index (χ4v) is 3.96. The van der Waals surface area contributed by atoms with Crippen LogP contribution in [0, 0.1) is 3.57 Å². The van der Waals surface area contributed by atoms with Crippen molar-refractivity contribution in [3.8, 4) is 5.88 Å². The third-order valence-electron chi connectivity index (χ3n) is 4.95. The van der Waals surface area contributed by atoms with E-state index in [4.69, 9.17) is 0 Å². The summed E-state index contributed by atoms with van der Waals surface area (Å²) in [5, 5.41) is 27.4. The van der Waals surface area contributed by atoms with Gasteiger partial charge in [0.1, 0.15) is 11.5 Å². The molecule has 5 aromatic rings. The van der Waals surface area contributed by atoms with Gasteiger partial charge in [0.2, 0.25) is 5.88 Å². The van der Waals surface area contributed by atoms with Crippen LogP contribution in [0.1, 0.15) is 16.1 Å². The molecular weight excluding hydrogens is 565 g/mol. The molecule has 0 atom stereocenters. The average molecular weight is 581 g/mol. The van der Waals surface area contributed by atoms with E-state index in [9.17, 15) is 19.8 Å². The lowest BCUT2D eigenvalue weighted by Crippen LogP contribution is -2.19. The van der Waals surface area contributed by atoms with Crippen LogP contribution in [0.3, 0.4) is 0 Å². The van der Waals surface area contributed by atoms with Crippen LogP contribution in [0.2, 0.25) is 0 Å². The van der Waals surface area contributed by atoms with Gasteiger partial charge in [-0.25, -0.2) is 19.6 Å². The van der Waals surface area contributed by atoms with Crippen LogP contribution in [0.15, 0.2) is 70.6 Å². The highest BCUT2D eigenvalue weighted by molar-refractivity contribution is 14.1. The molecule has 0 radical (unpaired) electrons. The second-order valence-electron chi connectivity index (χ2n) is 7.42. The van der Waals surface area contributed by atoms with Gasteiger partial charge >= 0.3 is 11.7 Å². The molecule has 0 unspecified atom stereocenters. The Labute approximate surface area is 209 Å². The first kappa shape index (κ1) is 22.3. The number of hydrogen-bond donors (Lipinski definition) is 5. The lowest BCUT2D eigenvalue weighted by Gasteiger charge is -2.07. The zero-order valence-corrected chi connectivity index (χ0v) is 19.9. The highest BCUT2D eigenvalue weighted by Gasteiger charge is 2.09. The zero-order valence-electron chi connectivity index (χ0n) is 17.7. The first-order valence-corrected chi connectivity index (χ1v) is 11.3. The number of halogens is 1. The van der Waals surface area contributed by atoms with Crippen molar-refractivity contribution in [1.82, 2.24) is 24.6 Å². The first-order valence-electron chi connectivity index (χ1n) is 10.2. The Hall–Kier alpha value is -4.46. The second kappa shape index (κ2) is 9.06. The number of aromatic carboxylic acids is 1. The quantitative estimate of drug-likeness (QED) is 0.199. The van der Waals surface area contributed by atoms with Crippen LogP contribution < -0.4 is 21.7 Å². The van der Waals surface area contributed by atoms with Gasteiger partial charge in [0.25, 0.3) is 0 Å². The van der Waals surface area contributed by atoms with Crippen LogP contribution in [0.4, 0.5) is 17.2 Å². The number of carboxylic acids is 1. The van der Waals surface area contributed by atoms with Crippen LogP contribution in [0.5, 0.6) is 5.88 Å². The molecule has 12 heteroatoms. The molecule has 5 rings (SSSR count). The van der Waals surface area contributed by atoms with Gasteiger partial charge in [-0.3, -0.25) is 4.98 Å². The molecule has 174 valence electrons. The second-order valence-corrected chi connectivity index (χ2v) is 8.67. The lowest BCUT2D eigenvalue weighted by atomic mass is 10.2. The summed E-state index contributed by atoms with van der Waals surface area (Å²) in [6.07, 6.45) is 3.06. The Kier molecular flexibility index (Phi) is 5.78. The van der Waals surface area contributed by atoms with Gasteiger partial charge in [0.05, 0.1) is 17.4 Å². The van der Waals surface area contributed by atoms with Crippen molar-refractivity contribution in [2.45, 2.75) is 0 Å². The summed E-state index contributed by atoms with van der Waals surface area (Å²) < 4.78 is 2.52. The average Bonchev–Trinajstić information content (AvgIpc) is 3.36. The monoisotopic (exact) mass is 581 g/mol. The summed E-state index contributed by atoms with van der Waals surface area (Å²) in [5.41, 5.74) is 1.75. The van der Waals surface area contributed by atoms with Gasteiger partial charge in [0, 0.05) is 20.5 Å². The molecule has 11 nitrogen and oxygen atoms in total. The third kappa shape index (κ3) is 4.77. The predicted octanol–water partition coefficient (Wildman–Crippen LogP) is 2.28. The van der Waals surface area contributed by atoms with Crippen LogP contribution >= 0.6 is 22.6 Å². The molecule has 0 bridgehead atoms. The smallest absolute Gasteiger partial charge is 0.335 e. The number of fused-ring (bicyclic) bond motifs is 1. The van der Waals surface area contributed by atoms with E-state index in [1.807, 2.05) is 24.3 Å². The van der Waals surface area contributed by atoms with Crippen molar-refractivity contribution < 1.29 is 15.0 Å². The molecule has 35 heavy (non-hydrogen) atoms. The highest BCUT2D eigenvalue weighted by atomic mass is 127. The van der Waals surface area contributed by atoms with Gasteiger partial charge < -0.3 is 20.5 Å². The van der Waals surface area contributed by atoms with Crippen LogP contribution in [-0.2, 0) is 0 Å². The Bertz CT molecular complexity index is 1770. The Morgan fingerprint density at radius 1 is 1.14 bits per heavy atom. The standard InChI is InChI=1S/C23H16IN7O4/c24-14-4-2-6-16(9-14)26-18-10-19(27-15-5-1-3-12(7-15)22(33)34)31-20(29-18)13(11-25-31)8-17-21(32)30-23(35)28-17/h1-11,26,32H,(H,33,34)(H2,28,30,35). The summed E-state index contributed by atoms with van der Waals surface area (Å²) in [5.74, 6) is -0.897. The fraction of sp³-hybridized carbons (Fsp3) is 0. The highest BCUT2D eigenvalue weighted by Crippen LogP contribution is 2.18. The van der Waals surface area contributed by atoms with Gasteiger partial charge in [-0.05, 0) is 65.1 Å². The lowest BCUT2D eigenvalue weighted by molar-refractivity contribution is 0.0697. The summed E-state index contributed by atoms with van der Waals surface area (Å²) >= 11 is 2.21. The zero-order chi connectivity index (χ0) is 24.5. The number of carboxylic acid groups (broad SMARTS) is 1. The number of nitrogens with zero attached hydrogens (tertiary/aromatic N) is 4. The van der Waals surface area contributed by atoms with Crippen molar-refractivity contribution >= 4 is 57.5 Å². The topological polar surface area (TPSA) is 161 Å². The van der Waals surface area contributed by atoms with E-state index in [-0.39, 0.29) is 17.1 Å². The molecule has 0 aliphatic heterocycles. The summed E-state index contributed by atoms with van der Waals surface area (Å²) in [6.45, 7) is 0. The van der Waals surface area contributed by atoms with Gasteiger partial charge in [-0.1, -0.05) is 12.1 Å². The molecule has 0 fully saturated rings. The maximum absolute atomic E-state index is 11.5. The van der Waals surface area contributed by atoms with E-state index < -0.39 is 11.7 Å². The number of H-pyrrole nitrogens is 2. The molecule has 0 aliphatic rings. The van der Waals surface area contributed by atoms with Crippen molar-refractivity contribution in [3.05, 3.63) is 96.8 Å². The van der Waals surface area contributed by atoms with Crippen molar-refractivity contribution in [2.24, 2.45) is 4.99 Å². The molecule has 0 amide bonds. The SMILES string of the molecule is O=C(O)c1cccc(N=c2cc(Nc3cccc(I)c3)nc3c(=Cc4[nH]c(=O)[nH]c4O)cnn23)c1. The molecule has 3 heterocycles. The number of rotatable bonds is 5. The number of hydrogen-bond acceptors (Lipinski definition) is 7. The van der Waals surface area contributed by atoms with Gasteiger partial charge in [-0.2, -0.15) is 9.61 Å². The minimum Gasteiger partial charge on any atom is -0.493 e. The number of aromatic nitrogens is 5. The normalized spacial score (nSPS) is 12.4. The summed E-state index contributed by atoms with van der Waals surface area (Å²) in [4.78, 5) is 36.9. The van der Waals surface area contributed by atoms with E-state index in [0.717, 1.165) is 9.26 Å². The van der Waals surface area contributed by atoms with Crippen molar-refractivity contribution in [1.29, 1.82) is 0 Å². The predicted molar refractivity (Wildman–Crippen MR) is 136 cm³/mol. The van der Waals surface area contributed by atoms with E-state index >= 15 is 0 Å². The minimum atomic E-state index is -1.06. The Morgan fingerprint density at radius 3 is 2.71 bits per heavy atom. The fourth-order valence-electron chi connectivity index (χ4n) is 3.41. The molecule has 5 N–H and O–H groups in total. The molecule has 3 aromatic heterocycles.